The van der Waals surface area contributed by atoms with E-state index in [9.17, 15) is 29.4 Å². The molecular weight excluding hydrogens is 454 g/mol. The Labute approximate surface area is 196 Å². The van der Waals surface area contributed by atoms with Gasteiger partial charge in [-0.2, -0.15) is 11.8 Å². The van der Waals surface area contributed by atoms with E-state index in [4.69, 9.17) is 17.2 Å². The minimum Gasteiger partial charge on any atom is -0.480 e. The number of nitrogens with zero attached hydrogens (tertiary/aromatic N) is 2. The third kappa shape index (κ3) is 9.43. The summed E-state index contributed by atoms with van der Waals surface area (Å²) in [7, 11) is 0. The summed E-state index contributed by atoms with van der Waals surface area (Å²) in [5.41, 5.74) is 16.4. The fourth-order valence-corrected chi connectivity index (χ4v) is 3.87. The zero-order chi connectivity index (χ0) is 25.0. The molecule has 0 aromatic rings. The number of hydrogen-bond donors (Lipinski definition) is 7. The van der Waals surface area contributed by atoms with Gasteiger partial charge in [-0.15, -0.1) is 0 Å². The fraction of sp³-hybridized carbons (Fsp3) is 0.737. The van der Waals surface area contributed by atoms with Gasteiger partial charge in [-0.25, -0.2) is 4.79 Å². The zero-order valence-electron chi connectivity index (χ0n) is 18.7. The van der Waals surface area contributed by atoms with Crippen molar-refractivity contribution in [3.8, 4) is 0 Å². The predicted octanol–water partition coefficient (Wildman–Crippen LogP) is -2.84. The Morgan fingerprint density at radius 3 is 2.45 bits per heavy atom. The topological polar surface area (TPSA) is 226 Å². The Bertz CT molecular complexity index is 719. The largest absolute Gasteiger partial charge is 0.480 e. The number of aliphatic carboxylic acids is 1. The number of nitrogens with one attached hydrogen (secondary N) is 2. The van der Waals surface area contributed by atoms with Crippen LogP contribution in [-0.4, -0.2) is 101 Å². The number of aliphatic imine (C=N–C) groups is 1. The minimum absolute atomic E-state index is 0.0444. The van der Waals surface area contributed by atoms with Crippen LogP contribution in [0.25, 0.3) is 0 Å². The van der Waals surface area contributed by atoms with Gasteiger partial charge in [0.25, 0.3) is 0 Å². The highest BCUT2D eigenvalue weighted by Crippen LogP contribution is 2.19. The van der Waals surface area contributed by atoms with E-state index in [0.717, 1.165) is 0 Å². The van der Waals surface area contributed by atoms with Crippen LogP contribution in [0.2, 0.25) is 0 Å². The average molecular weight is 490 g/mol. The molecule has 0 spiro atoms. The maximum Gasteiger partial charge on any atom is 0.326 e. The maximum atomic E-state index is 12.8. The molecule has 1 fully saturated rings. The summed E-state index contributed by atoms with van der Waals surface area (Å²) in [4.78, 5) is 54.5. The van der Waals surface area contributed by atoms with Crippen molar-refractivity contribution in [3.05, 3.63) is 0 Å². The van der Waals surface area contributed by atoms with Crippen LogP contribution in [-0.2, 0) is 19.2 Å². The molecule has 4 atom stereocenters. The number of aliphatic hydroxyl groups excluding tert-OH is 1. The van der Waals surface area contributed by atoms with E-state index in [1.54, 1.807) is 11.8 Å². The van der Waals surface area contributed by atoms with Crippen LogP contribution in [0.4, 0.5) is 0 Å². The molecule has 33 heavy (non-hydrogen) atoms. The molecule has 0 aromatic heterocycles. The lowest BCUT2D eigenvalue weighted by Gasteiger charge is -2.28. The van der Waals surface area contributed by atoms with Gasteiger partial charge in [0.05, 0.1) is 12.6 Å². The Hall–Kier alpha value is -2.58. The molecule has 0 bridgehead atoms. The molecule has 1 rings (SSSR count). The van der Waals surface area contributed by atoms with Gasteiger partial charge in [-0.3, -0.25) is 19.4 Å². The van der Waals surface area contributed by atoms with Crippen LogP contribution in [0.1, 0.15) is 32.1 Å². The third-order valence-electron chi connectivity index (χ3n) is 5.16. The predicted molar refractivity (Wildman–Crippen MR) is 124 cm³/mol. The summed E-state index contributed by atoms with van der Waals surface area (Å²) in [6, 6.07) is -4.16. The van der Waals surface area contributed by atoms with Crippen molar-refractivity contribution >= 4 is 41.4 Å². The van der Waals surface area contributed by atoms with Gasteiger partial charge in [-0.05, 0) is 44.1 Å². The van der Waals surface area contributed by atoms with Gasteiger partial charge in [0.2, 0.25) is 17.7 Å². The molecule has 0 radical (unpaired) electrons. The monoisotopic (exact) mass is 489 g/mol. The first-order chi connectivity index (χ1) is 15.6. The van der Waals surface area contributed by atoms with Crippen LogP contribution in [0, 0.1) is 0 Å². The first-order valence-corrected chi connectivity index (χ1v) is 12.1. The summed E-state index contributed by atoms with van der Waals surface area (Å²) in [5, 5.41) is 23.7. The molecule has 1 aliphatic heterocycles. The standard InChI is InChI=1S/C19H35N7O6S/c1-33-9-6-11(20)17(30)26-8-3-5-14(26)16(29)25-13(10-27)15(28)24-12(18(31)32)4-2-7-23-19(21)22/h11-14,27H,2-10,20H2,1H3,(H,24,28)(H,25,29)(H,31,32)(H4,21,22,23). The number of carbonyl (C=O) groups is 4. The molecule has 188 valence electrons. The molecule has 14 heteroatoms. The van der Waals surface area contributed by atoms with Gasteiger partial charge < -0.3 is 42.9 Å². The molecule has 1 saturated heterocycles. The van der Waals surface area contributed by atoms with Crippen molar-refractivity contribution in [2.75, 3.05) is 31.7 Å². The SMILES string of the molecule is CSCCC(N)C(=O)N1CCCC1C(=O)NC(CO)C(=O)NC(CCCN=C(N)N)C(=O)O. The number of likely N-dealkylation sites (tertiary alicyclic amines) is 1. The Kier molecular flexibility index (Phi) is 12.5. The molecule has 0 saturated carbocycles. The Morgan fingerprint density at radius 2 is 1.88 bits per heavy atom. The first-order valence-electron chi connectivity index (χ1n) is 10.7. The Morgan fingerprint density at radius 1 is 1.18 bits per heavy atom. The van der Waals surface area contributed by atoms with Crippen LogP contribution < -0.4 is 27.8 Å². The minimum atomic E-state index is -1.38. The summed E-state index contributed by atoms with van der Waals surface area (Å²) in [6.07, 6.45) is 3.72. The van der Waals surface area contributed by atoms with Gasteiger partial charge in [0.15, 0.2) is 5.96 Å². The number of carbonyl (C=O) groups excluding carboxylic acids is 3. The highest BCUT2D eigenvalue weighted by atomic mass is 32.2. The van der Waals surface area contributed by atoms with Gasteiger partial charge in [0.1, 0.15) is 18.1 Å². The third-order valence-corrected chi connectivity index (χ3v) is 5.81. The maximum absolute atomic E-state index is 12.8. The van der Waals surface area contributed by atoms with E-state index >= 15 is 0 Å². The number of thioether (sulfide) groups is 1. The number of carboxylic acids is 1. The summed E-state index contributed by atoms with van der Waals surface area (Å²) < 4.78 is 0. The zero-order valence-corrected chi connectivity index (χ0v) is 19.6. The van der Waals surface area contributed by atoms with E-state index in [-0.39, 0.29) is 24.8 Å². The van der Waals surface area contributed by atoms with Crippen molar-refractivity contribution in [1.29, 1.82) is 0 Å². The number of carboxylic acid groups (broad SMARTS) is 1. The van der Waals surface area contributed by atoms with Crippen molar-refractivity contribution in [2.24, 2.45) is 22.2 Å². The van der Waals surface area contributed by atoms with E-state index in [1.807, 2.05) is 6.26 Å². The number of guanidine groups is 1. The lowest BCUT2D eigenvalue weighted by atomic mass is 10.1. The van der Waals surface area contributed by atoms with E-state index < -0.39 is 48.6 Å². The first kappa shape index (κ1) is 28.5. The van der Waals surface area contributed by atoms with Gasteiger partial charge in [0, 0.05) is 13.1 Å². The number of hydrogen-bond acceptors (Lipinski definition) is 8. The van der Waals surface area contributed by atoms with Crippen molar-refractivity contribution < 1.29 is 29.4 Å². The molecular formula is C19H35N7O6S. The van der Waals surface area contributed by atoms with Gasteiger partial charge in [-0.1, -0.05) is 0 Å². The van der Waals surface area contributed by atoms with Crippen LogP contribution in [0.5, 0.6) is 0 Å². The molecule has 0 aromatic carbocycles. The summed E-state index contributed by atoms with van der Waals surface area (Å²) in [5.74, 6) is -2.49. The number of nitrogens with two attached hydrogens (primary N) is 3. The van der Waals surface area contributed by atoms with E-state index in [1.165, 1.54) is 4.90 Å². The number of aliphatic hydroxyl groups is 1. The Balaban J connectivity index is 2.71. The second kappa shape index (κ2) is 14.5. The molecule has 1 heterocycles. The van der Waals surface area contributed by atoms with Crippen LogP contribution >= 0.6 is 11.8 Å². The van der Waals surface area contributed by atoms with E-state index in [0.29, 0.717) is 38.0 Å². The molecule has 10 N–H and O–H groups in total. The quantitative estimate of drug-likeness (QED) is 0.0750. The van der Waals surface area contributed by atoms with E-state index in [2.05, 4.69) is 15.6 Å². The molecule has 4 unspecified atom stereocenters. The lowest BCUT2D eigenvalue weighted by molar-refractivity contribution is -0.143. The van der Waals surface area contributed by atoms with Crippen molar-refractivity contribution in [2.45, 2.75) is 56.3 Å². The highest BCUT2D eigenvalue weighted by Gasteiger charge is 2.37. The fourth-order valence-electron chi connectivity index (χ4n) is 3.38. The molecule has 0 aliphatic carbocycles. The van der Waals surface area contributed by atoms with Gasteiger partial charge >= 0.3 is 5.97 Å². The molecule has 13 nitrogen and oxygen atoms in total. The summed E-state index contributed by atoms with van der Waals surface area (Å²) >= 11 is 1.56. The molecule has 3 amide bonds. The lowest BCUT2D eigenvalue weighted by Crippen LogP contribution is -2.57. The second-order valence-electron chi connectivity index (χ2n) is 7.67. The highest BCUT2D eigenvalue weighted by molar-refractivity contribution is 7.98. The number of rotatable bonds is 14. The molecule has 1 aliphatic rings. The summed E-state index contributed by atoms with van der Waals surface area (Å²) in [6.45, 7) is -0.185. The smallest absolute Gasteiger partial charge is 0.326 e. The average Bonchev–Trinajstić information content (AvgIpc) is 3.26. The normalized spacial score (nSPS) is 18.2. The van der Waals surface area contributed by atoms with Crippen molar-refractivity contribution in [1.82, 2.24) is 15.5 Å². The van der Waals surface area contributed by atoms with Crippen LogP contribution in [0.15, 0.2) is 4.99 Å². The van der Waals surface area contributed by atoms with Crippen molar-refractivity contribution in [3.63, 3.8) is 0 Å². The second-order valence-corrected chi connectivity index (χ2v) is 8.66. The van der Waals surface area contributed by atoms with Crippen LogP contribution in [0.3, 0.4) is 0 Å². The number of amides is 3.